The molecule has 0 aromatic carbocycles. The van der Waals surface area contributed by atoms with Crippen LogP contribution in [0.4, 0.5) is 0 Å². The first kappa shape index (κ1) is 8.22. The Balaban J connectivity index is 2.29. The molecule has 1 heterocycles. The van der Waals surface area contributed by atoms with Crippen molar-refractivity contribution in [2.75, 3.05) is 5.75 Å². The molecule has 3 heteroatoms. The summed E-state index contributed by atoms with van der Waals surface area (Å²) in [6.45, 7) is 0. The van der Waals surface area contributed by atoms with Gasteiger partial charge in [-0.1, -0.05) is 15.9 Å². The zero-order chi connectivity index (χ0) is 6.69. The molecule has 9 heavy (non-hydrogen) atoms. The van der Waals surface area contributed by atoms with Gasteiger partial charge in [-0.25, -0.2) is 0 Å². The summed E-state index contributed by atoms with van der Waals surface area (Å²) in [6, 6.07) is 0. The molecule has 0 aliphatic carbocycles. The van der Waals surface area contributed by atoms with Crippen LogP contribution in [0.2, 0.25) is 0 Å². The van der Waals surface area contributed by atoms with Gasteiger partial charge in [0.1, 0.15) is 0 Å². The van der Waals surface area contributed by atoms with Crippen molar-refractivity contribution in [2.45, 2.75) is 28.8 Å². The van der Waals surface area contributed by atoms with E-state index in [4.69, 9.17) is 11.6 Å². The number of thioether (sulfide) groups is 1. The van der Waals surface area contributed by atoms with Crippen LogP contribution < -0.4 is 0 Å². The maximum Gasteiger partial charge on any atom is 0.0614 e. The summed E-state index contributed by atoms with van der Waals surface area (Å²) < 4.78 is 0.600. The standard InChI is InChI=1S/C6H10BrClS/c7-6-4-5(8)2-1-3-9-6/h5-6H,1-4H2/t5?,6-/m1/s1. The molecule has 0 aromatic heterocycles. The van der Waals surface area contributed by atoms with Gasteiger partial charge in [-0.05, 0) is 25.0 Å². The summed E-state index contributed by atoms with van der Waals surface area (Å²) in [6.07, 6.45) is 3.59. The average Bonchev–Trinajstić information content (AvgIpc) is 1.93. The second-order valence-corrected chi connectivity index (χ2v) is 5.90. The Hall–Kier alpha value is 1.12. The zero-order valence-corrected chi connectivity index (χ0v) is 8.31. The van der Waals surface area contributed by atoms with E-state index in [0.29, 0.717) is 9.54 Å². The number of alkyl halides is 2. The highest BCUT2D eigenvalue weighted by Gasteiger charge is 2.15. The van der Waals surface area contributed by atoms with Gasteiger partial charge in [-0.15, -0.1) is 23.4 Å². The molecule has 1 aliphatic heterocycles. The number of hydrogen-bond donors (Lipinski definition) is 0. The molecule has 0 bridgehead atoms. The van der Waals surface area contributed by atoms with Crippen molar-refractivity contribution in [1.82, 2.24) is 0 Å². The van der Waals surface area contributed by atoms with Gasteiger partial charge in [-0.2, -0.15) is 0 Å². The third-order valence-electron chi connectivity index (χ3n) is 1.40. The van der Waals surface area contributed by atoms with Gasteiger partial charge >= 0.3 is 0 Å². The van der Waals surface area contributed by atoms with Crippen LogP contribution in [0.1, 0.15) is 19.3 Å². The normalized spacial score (nSPS) is 38.0. The first-order valence-corrected chi connectivity index (χ1v) is 5.59. The van der Waals surface area contributed by atoms with Crippen LogP contribution in [0, 0.1) is 0 Å². The Morgan fingerprint density at radius 2 is 2.33 bits per heavy atom. The van der Waals surface area contributed by atoms with Crippen molar-refractivity contribution in [3.8, 4) is 0 Å². The van der Waals surface area contributed by atoms with Gasteiger partial charge in [0.15, 0.2) is 0 Å². The molecule has 1 fully saturated rings. The molecular weight excluding hydrogens is 219 g/mol. The highest BCUT2D eigenvalue weighted by molar-refractivity contribution is 9.11. The summed E-state index contributed by atoms with van der Waals surface area (Å²) >= 11 is 11.5. The Morgan fingerprint density at radius 3 is 3.11 bits per heavy atom. The minimum absolute atomic E-state index is 0.407. The fourth-order valence-corrected chi connectivity index (χ4v) is 3.53. The molecule has 0 amide bonds. The summed E-state index contributed by atoms with van der Waals surface area (Å²) in [7, 11) is 0. The molecule has 0 spiro atoms. The Morgan fingerprint density at radius 1 is 1.56 bits per heavy atom. The lowest BCUT2D eigenvalue weighted by molar-refractivity contribution is 0.728. The monoisotopic (exact) mass is 228 g/mol. The van der Waals surface area contributed by atoms with E-state index in [2.05, 4.69) is 15.9 Å². The van der Waals surface area contributed by atoms with Crippen molar-refractivity contribution < 1.29 is 0 Å². The molecule has 1 rings (SSSR count). The molecule has 1 aliphatic rings. The van der Waals surface area contributed by atoms with Gasteiger partial charge in [0.05, 0.1) is 4.16 Å². The largest absolute Gasteiger partial charge is 0.147 e. The zero-order valence-electron chi connectivity index (χ0n) is 5.15. The molecule has 2 atom stereocenters. The maximum atomic E-state index is 5.97. The van der Waals surface area contributed by atoms with Crippen LogP contribution in [0.5, 0.6) is 0 Å². The summed E-state index contributed by atoms with van der Waals surface area (Å²) in [5.41, 5.74) is 0. The highest BCUT2D eigenvalue weighted by Crippen LogP contribution is 2.30. The highest BCUT2D eigenvalue weighted by atomic mass is 79.9. The third kappa shape index (κ3) is 3.15. The third-order valence-corrected chi connectivity index (χ3v) is 4.04. The summed E-state index contributed by atoms with van der Waals surface area (Å²) in [5.74, 6) is 1.26. The van der Waals surface area contributed by atoms with E-state index in [-0.39, 0.29) is 0 Å². The smallest absolute Gasteiger partial charge is 0.0614 e. The number of halogens is 2. The molecule has 54 valence electrons. The fraction of sp³-hybridized carbons (Fsp3) is 1.00. The second kappa shape index (κ2) is 4.09. The van der Waals surface area contributed by atoms with Crippen LogP contribution >= 0.6 is 39.3 Å². The van der Waals surface area contributed by atoms with E-state index >= 15 is 0 Å². The van der Waals surface area contributed by atoms with Crippen LogP contribution in [-0.4, -0.2) is 15.3 Å². The first-order chi connectivity index (χ1) is 4.29. The maximum absolute atomic E-state index is 5.97. The quantitative estimate of drug-likeness (QED) is 0.575. The Kier molecular flexibility index (Phi) is 3.74. The van der Waals surface area contributed by atoms with Crippen LogP contribution in [0.25, 0.3) is 0 Å². The molecular formula is C6H10BrClS. The van der Waals surface area contributed by atoms with Crippen LogP contribution in [-0.2, 0) is 0 Å². The van der Waals surface area contributed by atoms with Gasteiger partial charge in [0, 0.05) is 5.38 Å². The molecule has 0 saturated carbocycles. The molecule has 0 aromatic rings. The van der Waals surface area contributed by atoms with E-state index in [9.17, 15) is 0 Å². The summed E-state index contributed by atoms with van der Waals surface area (Å²) in [5, 5.41) is 0.407. The summed E-state index contributed by atoms with van der Waals surface area (Å²) in [4.78, 5) is 0. The van der Waals surface area contributed by atoms with E-state index in [0.717, 1.165) is 6.42 Å². The Bertz CT molecular complexity index is 79.1. The van der Waals surface area contributed by atoms with Gasteiger partial charge in [0.25, 0.3) is 0 Å². The average molecular weight is 230 g/mol. The molecule has 1 saturated heterocycles. The van der Waals surface area contributed by atoms with Crippen molar-refractivity contribution in [3.63, 3.8) is 0 Å². The predicted molar refractivity (Wildman–Crippen MR) is 48.7 cm³/mol. The van der Waals surface area contributed by atoms with E-state index in [1.807, 2.05) is 11.8 Å². The fourth-order valence-electron chi connectivity index (χ4n) is 0.903. The van der Waals surface area contributed by atoms with E-state index < -0.39 is 0 Å². The van der Waals surface area contributed by atoms with Gasteiger partial charge in [-0.3, -0.25) is 0 Å². The van der Waals surface area contributed by atoms with E-state index in [1.165, 1.54) is 18.6 Å². The van der Waals surface area contributed by atoms with E-state index in [1.54, 1.807) is 0 Å². The van der Waals surface area contributed by atoms with Crippen LogP contribution in [0.15, 0.2) is 0 Å². The molecule has 1 unspecified atom stereocenters. The van der Waals surface area contributed by atoms with Crippen molar-refractivity contribution in [1.29, 1.82) is 0 Å². The number of hydrogen-bond acceptors (Lipinski definition) is 1. The lowest BCUT2D eigenvalue weighted by Crippen LogP contribution is -2.00. The molecule has 0 N–H and O–H groups in total. The SMILES string of the molecule is ClC1CCCS[C@@H](Br)C1. The minimum atomic E-state index is 0.407. The number of rotatable bonds is 0. The van der Waals surface area contributed by atoms with Gasteiger partial charge < -0.3 is 0 Å². The lowest BCUT2D eigenvalue weighted by Gasteiger charge is -2.05. The predicted octanol–water partition coefficient (Wildman–Crippen LogP) is 3.23. The second-order valence-electron chi connectivity index (χ2n) is 2.26. The molecule has 0 radical (unpaired) electrons. The van der Waals surface area contributed by atoms with Crippen molar-refractivity contribution >= 4 is 39.3 Å². The Labute approximate surface area is 73.9 Å². The molecule has 0 nitrogen and oxygen atoms in total. The van der Waals surface area contributed by atoms with Crippen LogP contribution in [0.3, 0.4) is 0 Å². The van der Waals surface area contributed by atoms with Gasteiger partial charge in [0.2, 0.25) is 0 Å². The first-order valence-electron chi connectivity index (χ1n) is 3.19. The topological polar surface area (TPSA) is 0 Å². The van der Waals surface area contributed by atoms with Crippen molar-refractivity contribution in [2.24, 2.45) is 0 Å². The lowest BCUT2D eigenvalue weighted by atomic mass is 10.2. The minimum Gasteiger partial charge on any atom is -0.147 e. The van der Waals surface area contributed by atoms with Crippen molar-refractivity contribution in [3.05, 3.63) is 0 Å².